The number of ether oxygens (including phenoxy) is 2. The Kier molecular flexibility index (Phi) is 7.74. The van der Waals surface area contributed by atoms with E-state index in [1.54, 1.807) is 42.5 Å². The number of carboxylic acids is 1. The van der Waals surface area contributed by atoms with Gasteiger partial charge in [-0.3, -0.25) is 0 Å². The van der Waals surface area contributed by atoms with E-state index in [2.05, 4.69) is 5.32 Å². The molecule has 0 aliphatic carbocycles. The zero-order valence-corrected chi connectivity index (χ0v) is 18.1. The molecule has 3 aromatic carbocycles. The first-order chi connectivity index (χ1) is 14.9. The van der Waals surface area contributed by atoms with Gasteiger partial charge in [0, 0.05) is 29.7 Å². The lowest BCUT2D eigenvalue weighted by Crippen LogP contribution is -2.13. The van der Waals surface area contributed by atoms with Crippen molar-refractivity contribution >= 4 is 29.2 Å². The smallest absolute Gasteiger partial charge is 0.335 e. The Morgan fingerprint density at radius 3 is 2.32 bits per heavy atom. The molecule has 0 spiro atoms. The minimum atomic E-state index is -0.956. The van der Waals surface area contributed by atoms with Gasteiger partial charge in [0.25, 0.3) is 0 Å². The van der Waals surface area contributed by atoms with Crippen molar-refractivity contribution in [3.63, 3.8) is 0 Å². The third kappa shape index (κ3) is 6.10. The third-order valence-corrected chi connectivity index (χ3v) is 5.28. The molecule has 0 aliphatic heterocycles. The van der Waals surface area contributed by atoms with E-state index in [4.69, 9.17) is 37.8 Å². The molecule has 5 nitrogen and oxygen atoms in total. The van der Waals surface area contributed by atoms with Gasteiger partial charge < -0.3 is 19.9 Å². The molecule has 0 heterocycles. The molecule has 3 rings (SSSR count). The van der Waals surface area contributed by atoms with E-state index in [0.29, 0.717) is 35.2 Å². The molecule has 3 aromatic rings. The van der Waals surface area contributed by atoms with Gasteiger partial charge >= 0.3 is 5.97 Å². The van der Waals surface area contributed by atoms with Crippen LogP contribution in [0, 0.1) is 5.82 Å². The van der Waals surface area contributed by atoms with Crippen molar-refractivity contribution in [2.45, 2.75) is 19.7 Å². The van der Waals surface area contributed by atoms with E-state index >= 15 is 0 Å². The largest absolute Gasteiger partial charge is 0.493 e. The summed E-state index contributed by atoms with van der Waals surface area (Å²) in [5, 5.41) is 13.0. The van der Waals surface area contributed by atoms with Gasteiger partial charge in [-0.1, -0.05) is 41.4 Å². The third-order valence-electron chi connectivity index (χ3n) is 4.58. The minimum absolute atomic E-state index is 0.135. The molecule has 8 heteroatoms. The summed E-state index contributed by atoms with van der Waals surface area (Å²) in [4.78, 5) is 10.9. The first kappa shape index (κ1) is 22.9. The molecule has 0 aliphatic rings. The predicted molar refractivity (Wildman–Crippen MR) is 118 cm³/mol. The summed E-state index contributed by atoms with van der Waals surface area (Å²) in [6, 6.07) is 14.2. The number of hydrogen-bond acceptors (Lipinski definition) is 4. The van der Waals surface area contributed by atoms with Gasteiger partial charge in [0.1, 0.15) is 12.4 Å². The fourth-order valence-electron chi connectivity index (χ4n) is 2.89. The summed E-state index contributed by atoms with van der Waals surface area (Å²) in [5.41, 5.74) is 2.65. The summed E-state index contributed by atoms with van der Waals surface area (Å²) in [7, 11) is 1.53. The Morgan fingerprint density at radius 1 is 0.968 bits per heavy atom. The number of aromatic carboxylic acids is 1. The average molecular weight is 464 g/mol. The molecule has 0 bridgehead atoms. The highest BCUT2D eigenvalue weighted by Crippen LogP contribution is 2.34. The zero-order chi connectivity index (χ0) is 22.4. The molecule has 0 atom stereocenters. The molecule has 0 unspecified atom stereocenters. The van der Waals surface area contributed by atoms with Crippen molar-refractivity contribution < 1.29 is 23.8 Å². The Bertz CT molecular complexity index is 1070. The molecule has 2 N–H and O–H groups in total. The van der Waals surface area contributed by atoms with Crippen LogP contribution < -0.4 is 14.8 Å². The molecule has 0 fully saturated rings. The molecular formula is C23H20Cl2FNO4. The molecule has 31 heavy (non-hydrogen) atoms. The molecule has 0 amide bonds. The summed E-state index contributed by atoms with van der Waals surface area (Å²) in [6.07, 6.45) is 0. The average Bonchev–Trinajstić information content (AvgIpc) is 2.74. The van der Waals surface area contributed by atoms with E-state index in [1.165, 1.54) is 19.2 Å². The second-order valence-corrected chi connectivity index (χ2v) is 7.54. The van der Waals surface area contributed by atoms with Crippen LogP contribution in [0.1, 0.15) is 27.0 Å². The Labute approximate surface area is 189 Å². The fourth-order valence-corrected chi connectivity index (χ4v) is 3.33. The quantitative estimate of drug-likeness (QED) is 0.425. The van der Waals surface area contributed by atoms with E-state index in [-0.39, 0.29) is 17.2 Å². The number of benzene rings is 3. The standard InChI is InChI=1S/C23H20Cl2FNO4/c1-30-21-8-17(12-27-11-14-2-4-15(5-3-14)23(28)29)20(25)10-22(21)31-13-16-6-7-18(26)9-19(16)24/h2-10,27H,11-13H2,1H3,(H,28,29). The van der Waals surface area contributed by atoms with Gasteiger partial charge in [-0.15, -0.1) is 0 Å². The molecule has 162 valence electrons. The lowest BCUT2D eigenvalue weighted by molar-refractivity contribution is 0.0697. The van der Waals surface area contributed by atoms with Crippen LogP contribution in [0.4, 0.5) is 4.39 Å². The zero-order valence-electron chi connectivity index (χ0n) is 16.6. The molecular weight excluding hydrogens is 444 g/mol. The van der Waals surface area contributed by atoms with Crippen LogP contribution in [0.25, 0.3) is 0 Å². The number of hydrogen-bond donors (Lipinski definition) is 2. The maximum atomic E-state index is 13.2. The number of methoxy groups -OCH3 is 1. The van der Waals surface area contributed by atoms with Crippen molar-refractivity contribution in [1.29, 1.82) is 0 Å². The van der Waals surface area contributed by atoms with Gasteiger partial charge in [-0.2, -0.15) is 0 Å². The Balaban J connectivity index is 1.63. The number of rotatable bonds is 9. The topological polar surface area (TPSA) is 67.8 Å². The van der Waals surface area contributed by atoms with Gasteiger partial charge in [-0.05, 0) is 41.5 Å². The van der Waals surface area contributed by atoms with Crippen molar-refractivity contribution in [1.82, 2.24) is 5.32 Å². The van der Waals surface area contributed by atoms with Crippen LogP contribution in [0.2, 0.25) is 10.0 Å². The number of halogens is 3. The molecule has 0 radical (unpaired) electrons. The summed E-state index contributed by atoms with van der Waals surface area (Å²) in [6.45, 7) is 1.15. The highest BCUT2D eigenvalue weighted by Gasteiger charge is 2.12. The van der Waals surface area contributed by atoms with Crippen LogP contribution in [-0.4, -0.2) is 18.2 Å². The lowest BCUT2D eigenvalue weighted by Gasteiger charge is -2.15. The monoisotopic (exact) mass is 463 g/mol. The van der Waals surface area contributed by atoms with Crippen molar-refractivity contribution in [3.05, 3.63) is 92.7 Å². The number of nitrogens with one attached hydrogen (secondary N) is 1. The Morgan fingerprint density at radius 2 is 1.68 bits per heavy atom. The van der Waals surface area contributed by atoms with Gasteiger partial charge in [-0.25, -0.2) is 9.18 Å². The van der Waals surface area contributed by atoms with Crippen LogP contribution in [0.5, 0.6) is 11.5 Å². The molecule has 0 aromatic heterocycles. The SMILES string of the molecule is COc1cc(CNCc2ccc(C(=O)O)cc2)c(Cl)cc1OCc1ccc(F)cc1Cl. The number of carbonyl (C=O) groups is 1. The maximum absolute atomic E-state index is 13.2. The van der Waals surface area contributed by atoms with Gasteiger partial charge in [0.15, 0.2) is 11.5 Å². The van der Waals surface area contributed by atoms with Crippen molar-refractivity contribution in [2.24, 2.45) is 0 Å². The van der Waals surface area contributed by atoms with E-state index in [9.17, 15) is 9.18 Å². The summed E-state index contributed by atoms with van der Waals surface area (Å²) >= 11 is 12.5. The first-order valence-electron chi connectivity index (χ1n) is 9.33. The second kappa shape index (κ2) is 10.5. The summed E-state index contributed by atoms with van der Waals surface area (Å²) < 4.78 is 24.4. The predicted octanol–water partition coefficient (Wildman–Crippen LogP) is 5.71. The maximum Gasteiger partial charge on any atom is 0.335 e. The van der Waals surface area contributed by atoms with Crippen molar-refractivity contribution in [2.75, 3.05) is 7.11 Å². The highest BCUT2D eigenvalue weighted by molar-refractivity contribution is 6.31. The van der Waals surface area contributed by atoms with Gasteiger partial charge in [0.05, 0.1) is 17.7 Å². The normalized spacial score (nSPS) is 10.7. The summed E-state index contributed by atoms with van der Waals surface area (Å²) in [5.74, 6) is -0.419. The van der Waals surface area contributed by atoms with Gasteiger partial charge in [0.2, 0.25) is 0 Å². The van der Waals surface area contributed by atoms with E-state index in [0.717, 1.165) is 11.1 Å². The number of carboxylic acid groups (broad SMARTS) is 1. The fraction of sp³-hybridized carbons (Fsp3) is 0.174. The van der Waals surface area contributed by atoms with Crippen LogP contribution in [0.15, 0.2) is 54.6 Å². The lowest BCUT2D eigenvalue weighted by atomic mass is 10.1. The van der Waals surface area contributed by atoms with E-state index in [1.807, 2.05) is 0 Å². The first-order valence-corrected chi connectivity index (χ1v) is 10.1. The second-order valence-electron chi connectivity index (χ2n) is 6.72. The molecule has 0 saturated heterocycles. The highest BCUT2D eigenvalue weighted by atomic mass is 35.5. The Hall–Kier alpha value is -2.80. The molecule has 0 saturated carbocycles. The van der Waals surface area contributed by atoms with Crippen LogP contribution >= 0.6 is 23.2 Å². The van der Waals surface area contributed by atoms with E-state index < -0.39 is 11.8 Å². The minimum Gasteiger partial charge on any atom is -0.493 e. The van der Waals surface area contributed by atoms with Crippen LogP contribution in [-0.2, 0) is 19.7 Å². The van der Waals surface area contributed by atoms with Crippen molar-refractivity contribution in [3.8, 4) is 11.5 Å². The van der Waals surface area contributed by atoms with Crippen LogP contribution in [0.3, 0.4) is 0 Å².